The fourth-order valence-corrected chi connectivity index (χ4v) is 4.91. The summed E-state index contributed by atoms with van der Waals surface area (Å²) in [6.07, 6.45) is 0. The van der Waals surface area contributed by atoms with Crippen molar-refractivity contribution in [3.63, 3.8) is 0 Å². The molecule has 0 aliphatic heterocycles. The molecule has 0 aromatic heterocycles. The summed E-state index contributed by atoms with van der Waals surface area (Å²) in [5.41, 5.74) is -0.576. The average molecular weight is 481 g/mol. The van der Waals surface area contributed by atoms with E-state index in [4.69, 9.17) is 9.05 Å². The second kappa shape index (κ2) is 9.51. The molecule has 0 aliphatic rings. The first kappa shape index (κ1) is 24.1. The highest BCUT2D eigenvalue weighted by Crippen LogP contribution is 2.50. The predicted octanol–water partition coefficient (Wildman–Crippen LogP) is 8.21. The normalized spacial score (nSPS) is 11.8. The van der Waals surface area contributed by atoms with Crippen molar-refractivity contribution in [2.24, 2.45) is 0 Å². The molecule has 0 radical (unpaired) electrons. The predicted molar refractivity (Wildman–Crippen MR) is 123 cm³/mol. The fourth-order valence-electron chi connectivity index (χ4n) is 2.86. The molecule has 3 rings (SSSR count). The van der Waals surface area contributed by atoms with Crippen molar-refractivity contribution in [3.8, 4) is 11.5 Å². The molecule has 0 bridgehead atoms. The van der Waals surface area contributed by atoms with Crippen LogP contribution in [0.3, 0.4) is 0 Å². The first-order valence-corrected chi connectivity index (χ1v) is 12.1. The minimum atomic E-state index is -4.39. The van der Waals surface area contributed by atoms with Crippen molar-refractivity contribution >= 4 is 25.2 Å². The summed E-state index contributed by atoms with van der Waals surface area (Å²) >= 11 is -0.220. The van der Waals surface area contributed by atoms with Gasteiger partial charge in [0.25, 0.3) is 0 Å². The Morgan fingerprint density at radius 1 is 0.781 bits per heavy atom. The van der Waals surface area contributed by atoms with E-state index < -0.39 is 13.3 Å². The lowest BCUT2D eigenvalue weighted by Crippen LogP contribution is -2.11. The second-order valence-electron chi connectivity index (χ2n) is 7.26. The van der Waals surface area contributed by atoms with Gasteiger partial charge in [-0.3, -0.25) is 5.09 Å². The Morgan fingerprint density at radius 2 is 1.25 bits per heavy atom. The molecule has 3 aromatic rings. The van der Waals surface area contributed by atoms with Gasteiger partial charge in [-0.2, -0.15) is 13.2 Å². The zero-order chi connectivity index (χ0) is 23.5. The number of rotatable bonds is 7. The summed E-state index contributed by atoms with van der Waals surface area (Å²) in [4.78, 5) is 0.0174. The summed E-state index contributed by atoms with van der Waals surface area (Å²) in [5.74, 6) is 0.769. The van der Waals surface area contributed by atoms with Crippen molar-refractivity contribution < 1.29 is 26.8 Å². The van der Waals surface area contributed by atoms with Gasteiger partial charge in [-0.25, -0.2) is 4.57 Å². The van der Waals surface area contributed by atoms with E-state index in [0.29, 0.717) is 17.2 Å². The van der Waals surface area contributed by atoms with Gasteiger partial charge in [-0.05, 0) is 98.1 Å². The Morgan fingerprint density at radius 3 is 1.69 bits per heavy atom. The maximum atomic E-state index is 13.8. The Kier molecular flexibility index (Phi) is 7.16. The number of thioether (sulfide) groups is 1. The number of alkyl halides is 3. The molecule has 9 heteroatoms. The topological polar surface area (TPSA) is 47.6 Å². The summed E-state index contributed by atoms with van der Waals surface area (Å²) in [7, 11) is -4.01. The van der Waals surface area contributed by atoms with Crippen LogP contribution in [-0.2, 0) is 4.57 Å². The highest BCUT2D eigenvalue weighted by Gasteiger charge is 2.32. The van der Waals surface area contributed by atoms with Crippen LogP contribution in [0.5, 0.6) is 11.5 Å². The van der Waals surface area contributed by atoms with Crippen LogP contribution >= 0.6 is 19.5 Å². The van der Waals surface area contributed by atoms with Gasteiger partial charge in [0.05, 0.1) is 0 Å². The van der Waals surface area contributed by atoms with E-state index in [0.717, 1.165) is 22.3 Å². The molecule has 0 spiro atoms. The van der Waals surface area contributed by atoms with E-state index in [1.54, 1.807) is 24.3 Å². The second-order valence-corrected chi connectivity index (χ2v) is 9.98. The van der Waals surface area contributed by atoms with Gasteiger partial charge >= 0.3 is 13.3 Å². The molecule has 0 amide bonds. The van der Waals surface area contributed by atoms with Gasteiger partial charge in [0, 0.05) is 10.6 Å². The van der Waals surface area contributed by atoms with Crippen LogP contribution in [0, 0.1) is 27.7 Å². The van der Waals surface area contributed by atoms with Crippen molar-refractivity contribution in [1.29, 1.82) is 0 Å². The maximum absolute atomic E-state index is 13.8. The molecule has 3 aromatic carbocycles. The smallest absolute Gasteiger partial charge is 0.400 e. The van der Waals surface area contributed by atoms with Gasteiger partial charge in [0.2, 0.25) is 0 Å². The lowest BCUT2D eigenvalue weighted by atomic mass is 10.1. The number of benzene rings is 3. The summed E-state index contributed by atoms with van der Waals surface area (Å²) in [5, 5.41) is 2.76. The highest BCUT2D eigenvalue weighted by molar-refractivity contribution is 8.00. The molecule has 32 heavy (non-hydrogen) atoms. The lowest BCUT2D eigenvalue weighted by molar-refractivity contribution is -0.0328. The van der Waals surface area contributed by atoms with Crippen LogP contribution in [0.15, 0.2) is 65.6 Å². The van der Waals surface area contributed by atoms with Crippen molar-refractivity contribution in [3.05, 3.63) is 82.9 Å². The molecule has 0 unspecified atom stereocenters. The van der Waals surface area contributed by atoms with Crippen molar-refractivity contribution in [2.75, 3.05) is 5.09 Å². The van der Waals surface area contributed by atoms with Gasteiger partial charge in [-0.15, -0.1) is 0 Å². The standard InChI is InChI=1S/C23H23F3NO3PS/c1-15-7-5-9-21(17(15)3)29-31(28,30-22-10-6-8-16(2)18(22)4)27-19-11-13-20(14-12-19)32-23(24,25)26/h5-14H,1-4H3,(H,27,28). The van der Waals surface area contributed by atoms with Crippen molar-refractivity contribution in [1.82, 2.24) is 0 Å². The number of hydrogen-bond donors (Lipinski definition) is 1. The number of aryl methyl sites for hydroxylation is 2. The zero-order valence-corrected chi connectivity index (χ0v) is 19.7. The first-order chi connectivity index (χ1) is 15.0. The molecule has 0 saturated heterocycles. The summed E-state index contributed by atoms with van der Waals surface area (Å²) in [6, 6.07) is 16.1. The number of halogens is 3. The molecule has 0 fully saturated rings. The third kappa shape index (κ3) is 6.24. The average Bonchev–Trinajstić information content (AvgIpc) is 2.69. The summed E-state index contributed by atoms with van der Waals surface area (Å²) in [6.45, 7) is 7.50. The van der Waals surface area contributed by atoms with Crippen LogP contribution in [0.25, 0.3) is 0 Å². The van der Waals surface area contributed by atoms with Crippen LogP contribution in [-0.4, -0.2) is 5.51 Å². The molecule has 0 atom stereocenters. The summed E-state index contributed by atoms with van der Waals surface area (Å²) < 4.78 is 63.4. The number of anilines is 1. The van der Waals surface area contributed by atoms with Crippen molar-refractivity contribution in [2.45, 2.75) is 38.1 Å². The number of nitrogens with one attached hydrogen (secondary N) is 1. The molecule has 0 heterocycles. The maximum Gasteiger partial charge on any atom is 0.541 e. The molecule has 0 saturated carbocycles. The van der Waals surface area contributed by atoms with E-state index >= 15 is 0 Å². The Bertz CT molecular complexity index is 1090. The van der Waals surface area contributed by atoms with E-state index in [1.165, 1.54) is 24.3 Å². The van der Waals surface area contributed by atoms with Crippen LogP contribution in [0.1, 0.15) is 22.3 Å². The van der Waals surface area contributed by atoms with Crippen LogP contribution in [0.4, 0.5) is 18.9 Å². The molecular formula is C23H23F3NO3PS. The molecule has 4 nitrogen and oxygen atoms in total. The molecule has 170 valence electrons. The van der Waals surface area contributed by atoms with Gasteiger partial charge in [0.1, 0.15) is 11.5 Å². The van der Waals surface area contributed by atoms with Crippen LogP contribution < -0.4 is 14.1 Å². The monoisotopic (exact) mass is 481 g/mol. The third-order valence-corrected chi connectivity index (χ3v) is 7.05. The first-order valence-electron chi connectivity index (χ1n) is 9.71. The van der Waals surface area contributed by atoms with E-state index in [1.807, 2.05) is 39.8 Å². The quantitative estimate of drug-likeness (QED) is 0.272. The Labute approximate surface area is 189 Å². The lowest BCUT2D eigenvalue weighted by Gasteiger charge is -2.23. The molecule has 1 N–H and O–H groups in total. The minimum Gasteiger partial charge on any atom is -0.400 e. The van der Waals surface area contributed by atoms with E-state index in [2.05, 4.69) is 5.09 Å². The van der Waals surface area contributed by atoms with E-state index in [9.17, 15) is 17.7 Å². The number of hydrogen-bond acceptors (Lipinski definition) is 4. The third-order valence-electron chi connectivity index (χ3n) is 4.90. The molecule has 0 aliphatic carbocycles. The highest BCUT2D eigenvalue weighted by atomic mass is 32.2. The van der Waals surface area contributed by atoms with Gasteiger partial charge in [-0.1, -0.05) is 24.3 Å². The van der Waals surface area contributed by atoms with Gasteiger partial charge in [0.15, 0.2) is 0 Å². The Balaban J connectivity index is 1.93. The largest absolute Gasteiger partial charge is 0.541 e. The Hall–Kier alpha value is -2.57. The molecular weight excluding hydrogens is 458 g/mol. The van der Waals surface area contributed by atoms with Gasteiger partial charge < -0.3 is 9.05 Å². The zero-order valence-electron chi connectivity index (χ0n) is 18.0. The van der Waals surface area contributed by atoms with Crippen LogP contribution in [0.2, 0.25) is 0 Å². The SMILES string of the molecule is Cc1cccc(OP(=O)(Nc2ccc(SC(F)(F)F)cc2)Oc2cccc(C)c2C)c1C. The van der Waals surface area contributed by atoms with E-state index in [-0.39, 0.29) is 16.7 Å². The fraction of sp³-hybridized carbons (Fsp3) is 0.217. The minimum absolute atomic E-state index is 0.0174.